The Morgan fingerprint density at radius 2 is 1.95 bits per heavy atom. The first-order chi connectivity index (χ1) is 9.58. The second-order valence-electron chi connectivity index (χ2n) is 4.55. The quantitative estimate of drug-likeness (QED) is 0.666. The summed E-state index contributed by atoms with van der Waals surface area (Å²) in [5.74, 6) is 0. The van der Waals surface area contributed by atoms with Crippen LogP contribution in [-0.4, -0.2) is 4.92 Å². The molecule has 0 radical (unpaired) electrons. The molecule has 0 aromatic heterocycles. The molecule has 0 aliphatic rings. The van der Waals surface area contributed by atoms with Crippen LogP contribution in [0.1, 0.15) is 24.1 Å². The molecule has 0 heterocycles. The number of hydrogen-bond donors (Lipinski definition) is 1. The molecule has 2 aromatic carbocycles. The number of hydrogen-bond acceptors (Lipinski definition) is 3. The first-order valence-electron chi connectivity index (χ1n) is 6.29. The van der Waals surface area contributed by atoms with Crippen LogP contribution in [-0.2, 0) is 6.54 Å². The fourth-order valence-corrected chi connectivity index (χ4v) is 2.16. The van der Waals surface area contributed by atoms with Crippen molar-refractivity contribution in [3.8, 4) is 0 Å². The third-order valence-electron chi connectivity index (χ3n) is 3.15. The van der Waals surface area contributed by atoms with Crippen molar-refractivity contribution in [2.24, 2.45) is 0 Å². The summed E-state index contributed by atoms with van der Waals surface area (Å²) in [6.07, 6.45) is 0. The largest absolute Gasteiger partial charge is 0.306 e. The van der Waals surface area contributed by atoms with Crippen LogP contribution in [0.15, 0.2) is 48.5 Å². The van der Waals surface area contributed by atoms with Gasteiger partial charge in [-0.1, -0.05) is 41.9 Å². The Morgan fingerprint density at radius 1 is 1.25 bits per heavy atom. The molecule has 0 aliphatic carbocycles. The molecular weight excluding hydrogens is 276 g/mol. The molecule has 2 rings (SSSR count). The highest BCUT2D eigenvalue weighted by atomic mass is 35.5. The average Bonchev–Trinajstić information content (AvgIpc) is 2.46. The summed E-state index contributed by atoms with van der Waals surface area (Å²) in [4.78, 5) is 10.2. The van der Waals surface area contributed by atoms with Gasteiger partial charge in [0.1, 0.15) is 0 Å². The van der Waals surface area contributed by atoms with Crippen molar-refractivity contribution in [2.45, 2.75) is 19.5 Å². The van der Waals surface area contributed by atoms with E-state index in [1.807, 2.05) is 18.2 Å². The SMILES string of the molecule is C[C@H](NCc1ccc([N+](=O)[O-])cc1Cl)c1ccccc1. The summed E-state index contributed by atoms with van der Waals surface area (Å²) in [5, 5.41) is 14.4. The smallest absolute Gasteiger partial charge is 0.270 e. The van der Waals surface area contributed by atoms with E-state index in [1.54, 1.807) is 6.07 Å². The van der Waals surface area contributed by atoms with E-state index in [0.29, 0.717) is 11.6 Å². The Labute approximate surface area is 122 Å². The number of nitro groups is 1. The third-order valence-corrected chi connectivity index (χ3v) is 3.50. The van der Waals surface area contributed by atoms with E-state index in [-0.39, 0.29) is 11.7 Å². The molecule has 1 atom stereocenters. The summed E-state index contributed by atoms with van der Waals surface area (Å²) in [6, 6.07) is 14.8. The van der Waals surface area contributed by atoms with E-state index in [0.717, 1.165) is 5.56 Å². The van der Waals surface area contributed by atoms with Crippen LogP contribution in [0.3, 0.4) is 0 Å². The molecule has 1 N–H and O–H groups in total. The monoisotopic (exact) mass is 290 g/mol. The lowest BCUT2D eigenvalue weighted by molar-refractivity contribution is -0.384. The van der Waals surface area contributed by atoms with Gasteiger partial charge in [0.25, 0.3) is 5.69 Å². The molecule has 0 aliphatic heterocycles. The zero-order valence-corrected chi connectivity index (χ0v) is 11.8. The maximum absolute atomic E-state index is 10.6. The Bertz CT molecular complexity index is 602. The number of halogens is 1. The van der Waals surface area contributed by atoms with Gasteiger partial charge in [0.15, 0.2) is 0 Å². The van der Waals surface area contributed by atoms with Crippen LogP contribution >= 0.6 is 11.6 Å². The van der Waals surface area contributed by atoms with Crippen molar-refractivity contribution >= 4 is 17.3 Å². The maximum atomic E-state index is 10.6. The predicted molar refractivity (Wildman–Crippen MR) is 79.8 cm³/mol. The standard InChI is InChI=1S/C15H15ClN2O2/c1-11(12-5-3-2-4-6-12)17-10-13-7-8-14(18(19)20)9-15(13)16/h2-9,11,17H,10H2,1H3/t11-/m0/s1. The molecule has 2 aromatic rings. The van der Waals surface area contributed by atoms with Crippen molar-refractivity contribution in [1.29, 1.82) is 0 Å². The van der Waals surface area contributed by atoms with Gasteiger partial charge < -0.3 is 5.32 Å². The van der Waals surface area contributed by atoms with Crippen LogP contribution in [0.2, 0.25) is 5.02 Å². The molecule has 0 spiro atoms. The van der Waals surface area contributed by atoms with E-state index in [2.05, 4.69) is 24.4 Å². The highest BCUT2D eigenvalue weighted by Crippen LogP contribution is 2.23. The van der Waals surface area contributed by atoms with Gasteiger partial charge in [0.2, 0.25) is 0 Å². The van der Waals surface area contributed by atoms with Gasteiger partial charge in [-0.15, -0.1) is 0 Å². The molecule has 20 heavy (non-hydrogen) atoms. The molecule has 5 heteroatoms. The van der Waals surface area contributed by atoms with Crippen molar-refractivity contribution in [1.82, 2.24) is 5.32 Å². The lowest BCUT2D eigenvalue weighted by atomic mass is 10.1. The number of benzene rings is 2. The van der Waals surface area contributed by atoms with E-state index in [1.165, 1.54) is 17.7 Å². The lowest BCUT2D eigenvalue weighted by Gasteiger charge is -2.14. The van der Waals surface area contributed by atoms with E-state index in [9.17, 15) is 10.1 Å². The molecule has 0 unspecified atom stereocenters. The second-order valence-corrected chi connectivity index (χ2v) is 4.95. The Hall–Kier alpha value is -1.91. The molecule has 0 fully saturated rings. The highest BCUT2D eigenvalue weighted by Gasteiger charge is 2.10. The van der Waals surface area contributed by atoms with E-state index in [4.69, 9.17) is 11.6 Å². The maximum Gasteiger partial charge on any atom is 0.270 e. The van der Waals surface area contributed by atoms with Gasteiger partial charge in [-0.05, 0) is 24.1 Å². The Balaban J connectivity index is 2.02. The minimum Gasteiger partial charge on any atom is -0.306 e. The zero-order valence-electron chi connectivity index (χ0n) is 11.0. The summed E-state index contributed by atoms with van der Waals surface area (Å²) >= 11 is 6.06. The number of non-ortho nitro benzene ring substituents is 1. The highest BCUT2D eigenvalue weighted by molar-refractivity contribution is 6.31. The third kappa shape index (κ3) is 3.56. The fourth-order valence-electron chi connectivity index (χ4n) is 1.92. The number of nitro benzene ring substituents is 1. The normalized spacial score (nSPS) is 12.1. The zero-order chi connectivity index (χ0) is 14.5. The van der Waals surface area contributed by atoms with Crippen LogP contribution in [0.25, 0.3) is 0 Å². The van der Waals surface area contributed by atoms with Crippen LogP contribution in [0.5, 0.6) is 0 Å². The summed E-state index contributed by atoms with van der Waals surface area (Å²) in [5.41, 5.74) is 2.04. The van der Waals surface area contributed by atoms with Gasteiger partial charge in [-0.2, -0.15) is 0 Å². The molecule has 104 valence electrons. The summed E-state index contributed by atoms with van der Waals surface area (Å²) in [7, 11) is 0. The topological polar surface area (TPSA) is 55.2 Å². The van der Waals surface area contributed by atoms with Crippen molar-refractivity contribution in [3.05, 3.63) is 74.8 Å². The van der Waals surface area contributed by atoms with Crippen LogP contribution in [0.4, 0.5) is 5.69 Å². The van der Waals surface area contributed by atoms with E-state index < -0.39 is 4.92 Å². The van der Waals surface area contributed by atoms with Crippen LogP contribution < -0.4 is 5.32 Å². The average molecular weight is 291 g/mol. The second kappa shape index (κ2) is 6.50. The Kier molecular flexibility index (Phi) is 4.71. The molecule has 0 saturated carbocycles. The molecule has 0 saturated heterocycles. The van der Waals surface area contributed by atoms with Gasteiger partial charge >= 0.3 is 0 Å². The lowest BCUT2D eigenvalue weighted by Crippen LogP contribution is -2.18. The minimum absolute atomic E-state index is 0.00913. The van der Waals surface area contributed by atoms with Gasteiger partial charge in [0, 0.05) is 24.7 Å². The Morgan fingerprint density at radius 3 is 2.55 bits per heavy atom. The van der Waals surface area contributed by atoms with Gasteiger partial charge in [0.05, 0.1) is 9.95 Å². The van der Waals surface area contributed by atoms with Crippen molar-refractivity contribution < 1.29 is 4.92 Å². The fraction of sp³-hybridized carbons (Fsp3) is 0.200. The van der Waals surface area contributed by atoms with Crippen molar-refractivity contribution in [2.75, 3.05) is 0 Å². The minimum atomic E-state index is -0.449. The molecular formula is C15H15ClN2O2. The predicted octanol–water partition coefficient (Wildman–Crippen LogP) is 4.10. The van der Waals surface area contributed by atoms with Gasteiger partial charge in [-0.25, -0.2) is 0 Å². The summed E-state index contributed by atoms with van der Waals surface area (Å²) < 4.78 is 0. The number of rotatable bonds is 5. The number of nitrogens with one attached hydrogen (secondary N) is 1. The first kappa shape index (κ1) is 14.5. The summed E-state index contributed by atoms with van der Waals surface area (Å²) in [6.45, 7) is 2.63. The van der Waals surface area contributed by atoms with Crippen LogP contribution in [0, 0.1) is 10.1 Å². The van der Waals surface area contributed by atoms with Gasteiger partial charge in [-0.3, -0.25) is 10.1 Å². The van der Waals surface area contributed by atoms with E-state index >= 15 is 0 Å². The molecule has 4 nitrogen and oxygen atoms in total. The van der Waals surface area contributed by atoms with Crippen molar-refractivity contribution in [3.63, 3.8) is 0 Å². The molecule has 0 amide bonds. The number of nitrogens with zero attached hydrogens (tertiary/aromatic N) is 1. The molecule has 0 bridgehead atoms. The first-order valence-corrected chi connectivity index (χ1v) is 6.67.